The van der Waals surface area contributed by atoms with E-state index in [0.717, 1.165) is 5.69 Å². The number of likely N-dealkylation sites (tertiary alicyclic amines) is 1. The van der Waals surface area contributed by atoms with E-state index in [0.29, 0.717) is 42.9 Å². The van der Waals surface area contributed by atoms with Gasteiger partial charge in [-0.3, -0.25) is 19.3 Å². The van der Waals surface area contributed by atoms with Gasteiger partial charge in [0.25, 0.3) is 5.91 Å². The van der Waals surface area contributed by atoms with Crippen LogP contribution in [-0.2, 0) is 16.1 Å². The second-order valence-corrected chi connectivity index (χ2v) is 8.64. The second kappa shape index (κ2) is 11.5. The van der Waals surface area contributed by atoms with E-state index in [-0.39, 0.29) is 36.7 Å². The van der Waals surface area contributed by atoms with Crippen LogP contribution in [-0.4, -0.2) is 49.3 Å². The summed E-state index contributed by atoms with van der Waals surface area (Å²) in [6, 6.07) is 20.0. The van der Waals surface area contributed by atoms with Crippen molar-refractivity contribution in [2.75, 3.05) is 36.9 Å². The third-order valence-electron chi connectivity index (χ3n) is 6.25. The number of nitrogens with zero attached hydrogens (tertiary/aromatic N) is 2. The Morgan fingerprint density at radius 2 is 1.69 bits per heavy atom. The Labute approximate surface area is 204 Å². The molecule has 1 fully saturated rings. The summed E-state index contributed by atoms with van der Waals surface area (Å²) in [7, 11) is 1.68. The molecule has 0 radical (unpaired) electrons. The third-order valence-corrected chi connectivity index (χ3v) is 6.25. The number of amides is 3. The molecule has 1 aliphatic heterocycles. The van der Waals surface area contributed by atoms with E-state index in [1.807, 2.05) is 30.3 Å². The zero-order chi connectivity index (χ0) is 24.6. The first-order valence-corrected chi connectivity index (χ1v) is 11.8. The number of nitrogens with one attached hydrogen (secondary N) is 2. The van der Waals surface area contributed by atoms with Gasteiger partial charge in [0.05, 0.1) is 30.6 Å². The van der Waals surface area contributed by atoms with Crippen LogP contribution in [0.2, 0.25) is 0 Å². The lowest BCUT2D eigenvalue weighted by atomic mass is 9.95. The molecule has 8 heteroatoms. The fraction of sp³-hybridized carbons (Fsp3) is 0.296. The molecule has 0 aliphatic carbocycles. The van der Waals surface area contributed by atoms with Crippen LogP contribution in [0.3, 0.4) is 0 Å². The van der Waals surface area contributed by atoms with Crippen molar-refractivity contribution < 1.29 is 18.8 Å². The zero-order valence-corrected chi connectivity index (χ0v) is 19.8. The zero-order valence-electron chi connectivity index (χ0n) is 19.8. The molecule has 1 aromatic heterocycles. The Hall–Kier alpha value is -3.91. The Morgan fingerprint density at radius 3 is 2.40 bits per heavy atom. The molecular weight excluding hydrogens is 444 g/mol. The molecular formula is C27H30N4O4. The van der Waals surface area contributed by atoms with E-state index in [2.05, 4.69) is 15.5 Å². The highest BCUT2D eigenvalue weighted by molar-refractivity contribution is 6.05. The van der Waals surface area contributed by atoms with Gasteiger partial charge in [0.1, 0.15) is 5.76 Å². The number of benzene rings is 2. The second-order valence-electron chi connectivity index (χ2n) is 8.64. The maximum Gasteiger partial charge on any atom is 0.253 e. The number of hydrogen-bond donors (Lipinski definition) is 2. The van der Waals surface area contributed by atoms with E-state index >= 15 is 0 Å². The SMILES string of the molecule is CN(C(=O)CN1CCC(C(=O)Nc2ccccc2)CC1)c1ccccc1C(=O)NCc1ccco1. The number of carbonyl (C=O) groups excluding carboxylic acids is 3. The maximum absolute atomic E-state index is 13.0. The molecule has 0 atom stereocenters. The predicted octanol–water partition coefficient (Wildman–Crippen LogP) is 3.52. The normalized spacial score (nSPS) is 14.3. The molecule has 0 saturated carbocycles. The number of anilines is 2. The van der Waals surface area contributed by atoms with E-state index in [4.69, 9.17) is 4.42 Å². The Morgan fingerprint density at radius 1 is 0.971 bits per heavy atom. The molecule has 3 aromatic rings. The summed E-state index contributed by atoms with van der Waals surface area (Å²) in [6.07, 6.45) is 2.95. The molecule has 182 valence electrons. The number of carbonyl (C=O) groups is 3. The number of furan rings is 1. The Kier molecular flexibility index (Phi) is 7.95. The van der Waals surface area contributed by atoms with Gasteiger partial charge in [-0.05, 0) is 62.3 Å². The van der Waals surface area contributed by atoms with Crippen molar-refractivity contribution in [1.29, 1.82) is 0 Å². The standard InChI is InChI=1S/C27H30N4O4/c1-30(24-12-6-5-11-23(24)27(34)28-18-22-10-7-17-35-22)25(32)19-31-15-13-20(14-16-31)26(33)29-21-8-3-2-4-9-21/h2-12,17,20H,13-16,18-19H2,1H3,(H,28,34)(H,29,33). The van der Waals surface area contributed by atoms with Crippen LogP contribution < -0.4 is 15.5 Å². The van der Waals surface area contributed by atoms with Gasteiger partial charge in [0.15, 0.2) is 0 Å². The molecule has 2 heterocycles. The molecule has 1 saturated heterocycles. The smallest absolute Gasteiger partial charge is 0.253 e. The van der Waals surface area contributed by atoms with Crippen LogP contribution in [0.15, 0.2) is 77.4 Å². The summed E-state index contributed by atoms with van der Waals surface area (Å²) >= 11 is 0. The minimum atomic E-state index is -0.276. The van der Waals surface area contributed by atoms with Gasteiger partial charge in [0.2, 0.25) is 11.8 Å². The van der Waals surface area contributed by atoms with Crippen molar-refractivity contribution in [2.45, 2.75) is 19.4 Å². The maximum atomic E-state index is 13.0. The van der Waals surface area contributed by atoms with Crippen molar-refractivity contribution in [2.24, 2.45) is 5.92 Å². The molecule has 1 aliphatic rings. The minimum Gasteiger partial charge on any atom is -0.467 e. The summed E-state index contributed by atoms with van der Waals surface area (Å²) in [5.74, 6) is 0.220. The summed E-state index contributed by atoms with van der Waals surface area (Å²) in [5, 5.41) is 5.80. The lowest BCUT2D eigenvalue weighted by molar-refractivity contribution is -0.122. The van der Waals surface area contributed by atoms with E-state index < -0.39 is 0 Å². The molecule has 0 unspecified atom stereocenters. The summed E-state index contributed by atoms with van der Waals surface area (Å²) in [5.41, 5.74) is 1.77. The summed E-state index contributed by atoms with van der Waals surface area (Å²) in [6.45, 7) is 1.83. The molecule has 35 heavy (non-hydrogen) atoms. The van der Waals surface area contributed by atoms with Gasteiger partial charge in [-0.15, -0.1) is 0 Å². The quantitative estimate of drug-likeness (QED) is 0.521. The van der Waals surface area contributed by atoms with Crippen LogP contribution in [0.1, 0.15) is 29.0 Å². The lowest BCUT2D eigenvalue weighted by Gasteiger charge is -2.32. The highest BCUT2D eigenvalue weighted by Gasteiger charge is 2.27. The first-order chi connectivity index (χ1) is 17.0. The first kappa shape index (κ1) is 24.2. The first-order valence-electron chi connectivity index (χ1n) is 11.8. The average Bonchev–Trinajstić information content (AvgIpc) is 3.41. The highest BCUT2D eigenvalue weighted by atomic mass is 16.3. The average molecular weight is 475 g/mol. The third kappa shape index (κ3) is 6.36. The number of rotatable bonds is 8. The van der Waals surface area contributed by atoms with Gasteiger partial charge >= 0.3 is 0 Å². The van der Waals surface area contributed by atoms with E-state index in [1.54, 1.807) is 49.7 Å². The minimum absolute atomic E-state index is 0.0220. The summed E-state index contributed by atoms with van der Waals surface area (Å²) < 4.78 is 5.26. The molecule has 0 spiro atoms. The monoisotopic (exact) mass is 474 g/mol. The predicted molar refractivity (Wildman–Crippen MR) is 134 cm³/mol. The van der Waals surface area contributed by atoms with Crippen LogP contribution in [0.4, 0.5) is 11.4 Å². The Bertz CT molecular complexity index is 1140. The molecule has 3 amide bonds. The topological polar surface area (TPSA) is 94.9 Å². The van der Waals surface area contributed by atoms with E-state index in [9.17, 15) is 14.4 Å². The van der Waals surface area contributed by atoms with Gasteiger partial charge < -0.3 is 20.0 Å². The molecule has 8 nitrogen and oxygen atoms in total. The van der Waals surface area contributed by atoms with Crippen molar-refractivity contribution in [3.8, 4) is 0 Å². The largest absolute Gasteiger partial charge is 0.467 e. The lowest BCUT2D eigenvalue weighted by Crippen LogP contribution is -2.44. The van der Waals surface area contributed by atoms with Crippen LogP contribution in [0.25, 0.3) is 0 Å². The molecule has 4 rings (SSSR count). The van der Waals surface area contributed by atoms with Crippen molar-refractivity contribution in [3.05, 3.63) is 84.3 Å². The van der Waals surface area contributed by atoms with Gasteiger partial charge in [0, 0.05) is 18.7 Å². The number of piperidine rings is 1. The van der Waals surface area contributed by atoms with Gasteiger partial charge in [-0.25, -0.2) is 0 Å². The Balaban J connectivity index is 1.29. The van der Waals surface area contributed by atoms with Crippen molar-refractivity contribution in [1.82, 2.24) is 10.2 Å². The molecule has 2 N–H and O–H groups in total. The van der Waals surface area contributed by atoms with Crippen LogP contribution >= 0.6 is 0 Å². The fourth-order valence-corrected chi connectivity index (χ4v) is 4.18. The number of likely N-dealkylation sites (N-methyl/N-ethyl adjacent to an activating group) is 1. The highest BCUT2D eigenvalue weighted by Crippen LogP contribution is 2.22. The van der Waals surface area contributed by atoms with Crippen molar-refractivity contribution >= 4 is 29.1 Å². The molecule has 0 bridgehead atoms. The van der Waals surface area contributed by atoms with Gasteiger partial charge in [-0.1, -0.05) is 30.3 Å². The van der Waals surface area contributed by atoms with E-state index in [1.165, 1.54) is 4.90 Å². The number of hydrogen-bond acceptors (Lipinski definition) is 5. The fourth-order valence-electron chi connectivity index (χ4n) is 4.18. The summed E-state index contributed by atoms with van der Waals surface area (Å²) in [4.78, 5) is 42.0. The molecule has 2 aromatic carbocycles. The van der Waals surface area contributed by atoms with Gasteiger partial charge in [-0.2, -0.15) is 0 Å². The number of para-hydroxylation sites is 2. The van der Waals surface area contributed by atoms with Crippen molar-refractivity contribution in [3.63, 3.8) is 0 Å². The van der Waals surface area contributed by atoms with Crippen LogP contribution in [0.5, 0.6) is 0 Å². The van der Waals surface area contributed by atoms with Crippen LogP contribution in [0, 0.1) is 5.92 Å².